The molecule has 1 aromatic carbocycles. The summed E-state index contributed by atoms with van der Waals surface area (Å²) in [4.78, 5) is 2.29. The normalized spacial score (nSPS) is 25.1. The van der Waals surface area contributed by atoms with Gasteiger partial charge < -0.3 is 24.6 Å². The zero-order chi connectivity index (χ0) is 19.0. The molecule has 4 rings (SSSR count). The molecular formula is C21H27N2O4-. The van der Waals surface area contributed by atoms with Crippen LogP contribution in [0.25, 0.3) is 0 Å². The number of allylic oxidation sites excluding steroid dienone is 2. The summed E-state index contributed by atoms with van der Waals surface area (Å²) < 4.78 is 17.0. The lowest BCUT2D eigenvalue weighted by Crippen LogP contribution is -2.35. The highest BCUT2D eigenvalue weighted by Crippen LogP contribution is 2.50. The maximum atomic E-state index is 11.7. The molecule has 0 N–H and O–H groups in total. The number of methoxy groups -OCH3 is 1. The molecule has 2 atom stereocenters. The van der Waals surface area contributed by atoms with E-state index in [1.165, 1.54) is 11.1 Å². The van der Waals surface area contributed by atoms with Crippen molar-refractivity contribution >= 4 is 5.71 Å². The number of rotatable bonds is 4. The van der Waals surface area contributed by atoms with Crippen LogP contribution in [0.15, 0.2) is 22.9 Å². The van der Waals surface area contributed by atoms with E-state index >= 15 is 0 Å². The highest BCUT2D eigenvalue weighted by atomic mass is 16.7. The van der Waals surface area contributed by atoms with Crippen LogP contribution in [0.1, 0.15) is 49.8 Å². The fourth-order valence-corrected chi connectivity index (χ4v) is 4.53. The smallest absolute Gasteiger partial charge is 0.231 e. The SMILES string of the molecule is COc1c2c(cc3c1C(C/C(=N/[O-])C1CC=C(C)CC1)N(C)CC3)OCO2. The quantitative estimate of drug-likeness (QED) is 0.454. The van der Waals surface area contributed by atoms with Gasteiger partial charge in [-0.3, -0.25) is 4.90 Å². The van der Waals surface area contributed by atoms with Crippen LogP contribution in [-0.2, 0) is 6.42 Å². The Hall–Kier alpha value is -2.21. The van der Waals surface area contributed by atoms with Crippen molar-refractivity contribution < 1.29 is 14.2 Å². The molecule has 0 saturated carbocycles. The lowest BCUT2D eigenvalue weighted by Gasteiger charge is -2.37. The Bertz CT molecular complexity index is 787. The molecule has 1 aromatic rings. The van der Waals surface area contributed by atoms with Crippen molar-refractivity contribution in [1.82, 2.24) is 4.90 Å². The van der Waals surface area contributed by atoms with E-state index in [9.17, 15) is 5.21 Å². The third-order valence-electron chi connectivity index (χ3n) is 6.18. The van der Waals surface area contributed by atoms with Gasteiger partial charge in [-0.1, -0.05) is 11.6 Å². The van der Waals surface area contributed by atoms with E-state index in [4.69, 9.17) is 14.2 Å². The first-order valence-electron chi connectivity index (χ1n) is 9.66. The van der Waals surface area contributed by atoms with Crippen LogP contribution < -0.4 is 14.2 Å². The van der Waals surface area contributed by atoms with E-state index < -0.39 is 0 Å². The third-order valence-corrected chi connectivity index (χ3v) is 6.18. The lowest BCUT2D eigenvalue weighted by atomic mass is 9.81. The molecule has 0 saturated heterocycles. The first-order chi connectivity index (χ1) is 13.1. The molecular weight excluding hydrogens is 344 g/mol. The van der Waals surface area contributed by atoms with Gasteiger partial charge >= 0.3 is 0 Å². The van der Waals surface area contributed by atoms with Crippen molar-refractivity contribution in [3.8, 4) is 17.2 Å². The number of nitrogens with zero attached hydrogens (tertiary/aromatic N) is 2. The highest BCUT2D eigenvalue weighted by molar-refractivity contribution is 5.88. The first-order valence-corrected chi connectivity index (χ1v) is 9.66. The molecule has 1 aliphatic carbocycles. The summed E-state index contributed by atoms with van der Waals surface area (Å²) in [5.74, 6) is 2.40. The average molecular weight is 371 g/mol. The molecule has 0 radical (unpaired) electrons. The van der Waals surface area contributed by atoms with E-state index in [0.717, 1.165) is 55.0 Å². The van der Waals surface area contributed by atoms with Gasteiger partial charge in [0.15, 0.2) is 11.5 Å². The standard InChI is InChI=1S/C21H28N2O4/c1-13-4-6-14(7-5-13)16(22-24)11-17-19-15(8-9-23(17)2)10-18-20(21(19)25-3)27-12-26-18/h4,10,14,17,24H,5-9,11-12H2,1-3H3/p-1/b22-16-. The van der Waals surface area contributed by atoms with Gasteiger partial charge in [-0.05, 0) is 51.3 Å². The van der Waals surface area contributed by atoms with Crippen LogP contribution in [0.3, 0.4) is 0 Å². The summed E-state index contributed by atoms with van der Waals surface area (Å²) in [5, 5.41) is 15.2. The van der Waals surface area contributed by atoms with Crippen LogP contribution in [0.2, 0.25) is 0 Å². The average Bonchev–Trinajstić information content (AvgIpc) is 3.15. The molecule has 146 valence electrons. The third kappa shape index (κ3) is 3.27. The maximum Gasteiger partial charge on any atom is 0.231 e. The summed E-state index contributed by atoms with van der Waals surface area (Å²) in [7, 11) is 3.77. The summed E-state index contributed by atoms with van der Waals surface area (Å²) in [6.07, 6.45) is 6.75. The van der Waals surface area contributed by atoms with Crippen LogP contribution >= 0.6 is 0 Å². The summed E-state index contributed by atoms with van der Waals surface area (Å²) >= 11 is 0. The number of hydrogen-bond donors (Lipinski definition) is 0. The monoisotopic (exact) mass is 371 g/mol. The van der Waals surface area contributed by atoms with Crippen LogP contribution in [0, 0.1) is 11.1 Å². The Morgan fingerprint density at radius 2 is 2.22 bits per heavy atom. The molecule has 2 heterocycles. The number of fused-ring (bicyclic) bond motifs is 2. The largest absolute Gasteiger partial charge is 0.792 e. The second-order valence-corrected chi connectivity index (χ2v) is 7.77. The molecule has 0 spiro atoms. The van der Waals surface area contributed by atoms with E-state index in [0.29, 0.717) is 12.2 Å². The molecule has 2 aliphatic heterocycles. The molecule has 2 unspecified atom stereocenters. The fourth-order valence-electron chi connectivity index (χ4n) is 4.53. The Labute approximate surface area is 160 Å². The Morgan fingerprint density at radius 1 is 1.37 bits per heavy atom. The number of ether oxygens (including phenoxy) is 3. The van der Waals surface area contributed by atoms with E-state index in [2.05, 4.69) is 36.2 Å². The van der Waals surface area contributed by atoms with Gasteiger partial charge in [-0.25, -0.2) is 0 Å². The van der Waals surface area contributed by atoms with E-state index in [-0.39, 0.29) is 18.8 Å². The van der Waals surface area contributed by atoms with Crippen molar-refractivity contribution in [2.75, 3.05) is 27.5 Å². The molecule has 0 amide bonds. The highest BCUT2D eigenvalue weighted by Gasteiger charge is 2.35. The molecule has 0 fully saturated rings. The predicted octanol–water partition coefficient (Wildman–Crippen LogP) is 4.03. The van der Waals surface area contributed by atoms with Gasteiger partial charge in [0.05, 0.1) is 7.11 Å². The van der Waals surface area contributed by atoms with Crippen LogP contribution in [0.5, 0.6) is 17.2 Å². The van der Waals surface area contributed by atoms with Crippen molar-refractivity contribution in [3.63, 3.8) is 0 Å². The minimum absolute atomic E-state index is 0.0536. The van der Waals surface area contributed by atoms with Crippen LogP contribution in [-0.4, -0.2) is 38.1 Å². The Morgan fingerprint density at radius 3 is 2.93 bits per heavy atom. The van der Waals surface area contributed by atoms with Gasteiger partial charge in [0.1, 0.15) is 0 Å². The van der Waals surface area contributed by atoms with Crippen LogP contribution in [0.4, 0.5) is 0 Å². The topological polar surface area (TPSA) is 66.4 Å². The number of hydrogen-bond acceptors (Lipinski definition) is 6. The van der Waals surface area contributed by atoms with Crippen molar-refractivity contribution in [3.05, 3.63) is 34.0 Å². The second kappa shape index (κ2) is 7.43. The van der Waals surface area contributed by atoms with Gasteiger partial charge in [0.25, 0.3) is 0 Å². The predicted molar refractivity (Wildman–Crippen MR) is 105 cm³/mol. The van der Waals surface area contributed by atoms with Gasteiger partial charge in [-0.2, -0.15) is 0 Å². The zero-order valence-electron chi connectivity index (χ0n) is 16.3. The number of likely N-dealkylation sites (N-methyl/N-ethyl adjacent to an activating group) is 1. The minimum atomic E-state index is 0.0536. The summed E-state index contributed by atoms with van der Waals surface area (Å²) in [5.41, 5.74) is 4.50. The Kier molecular flexibility index (Phi) is 5.00. The molecule has 6 heteroatoms. The van der Waals surface area contributed by atoms with Crippen molar-refractivity contribution in [2.45, 2.75) is 45.1 Å². The van der Waals surface area contributed by atoms with E-state index in [1.807, 2.05) is 0 Å². The first kappa shape index (κ1) is 18.2. The summed E-state index contributed by atoms with van der Waals surface area (Å²) in [6.45, 7) is 3.30. The fraction of sp³-hybridized carbons (Fsp3) is 0.571. The minimum Gasteiger partial charge on any atom is -0.792 e. The van der Waals surface area contributed by atoms with E-state index in [1.54, 1.807) is 7.11 Å². The van der Waals surface area contributed by atoms with Crippen molar-refractivity contribution in [2.24, 2.45) is 11.1 Å². The zero-order valence-corrected chi connectivity index (χ0v) is 16.3. The molecule has 0 aromatic heterocycles. The van der Waals surface area contributed by atoms with Gasteiger partial charge in [0, 0.05) is 36.2 Å². The second-order valence-electron chi connectivity index (χ2n) is 7.77. The molecule has 27 heavy (non-hydrogen) atoms. The van der Waals surface area contributed by atoms with Gasteiger partial charge in [-0.15, -0.1) is 0 Å². The maximum absolute atomic E-state index is 11.7. The molecule has 6 nitrogen and oxygen atoms in total. The van der Waals surface area contributed by atoms with Gasteiger partial charge in [0.2, 0.25) is 12.5 Å². The number of benzene rings is 1. The molecule has 0 bridgehead atoms. The Balaban J connectivity index is 1.68. The van der Waals surface area contributed by atoms with Crippen molar-refractivity contribution in [1.29, 1.82) is 0 Å². The molecule has 3 aliphatic rings. The summed E-state index contributed by atoms with van der Waals surface area (Å²) in [6, 6.07) is 2.12. The lowest BCUT2D eigenvalue weighted by molar-refractivity contribution is 0.170.